The Balaban J connectivity index is 1.60. The summed E-state index contributed by atoms with van der Waals surface area (Å²) in [5.41, 5.74) is 3.60. The molecule has 0 radical (unpaired) electrons. The number of carbonyl (C=O) groups excluding carboxylic acids is 2. The maximum atomic E-state index is 12.7. The lowest BCUT2D eigenvalue weighted by Crippen LogP contribution is -2.49. The van der Waals surface area contributed by atoms with E-state index in [-0.39, 0.29) is 30.5 Å². The van der Waals surface area contributed by atoms with E-state index < -0.39 is 0 Å². The minimum atomic E-state index is -0.353. The molecule has 0 bridgehead atoms. The zero-order chi connectivity index (χ0) is 22.4. The van der Waals surface area contributed by atoms with E-state index in [2.05, 4.69) is 24.4 Å². The minimum Gasteiger partial charge on any atom is -0.493 e. The molecular formula is C23H29N3O5. The van der Waals surface area contributed by atoms with Crippen LogP contribution in [0, 0.1) is 6.92 Å². The summed E-state index contributed by atoms with van der Waals surface area (Å²) in [6.07, 6.45) is 6.14. The minimum absolute atomic E-state index is 0.0235. The van der Waals surface area contributed by atoms with Gasteiger partial charge >= 0.3 is 0 Å². The van der Waals surface area contributed by atoms with Gasteiger partial charge in [-0.3, -0.25) is 9.59 Å². The van der Waals surface area contributed by atoms with Gasteiger partial charge in [0.25, 0.3) is 11.8 Å². The molecule has 8 nitrogen and oxygen atoms in total. The molecule has 8 heteroatoms. The first-order chi connectivity index (χ1) is 14.9. The first-order valence-corrected chi connectivity index (χ1v) is 10.4. The Bertz CT molecular complexity index is 942. The van der Waals surface area contributed by atoms with Crippen LogP contribution in [0.1, 0.15) is 54.8 Å². The number of nitrogens with one attached hydrogen (secondary N) is 1. The number of amides is 2. The van der Waals surface area contributed by atoms with Gasteiger partial charge in [-0.05, 0) is 69.9 Å². The van der Waals surface area contributed by atoms with Crippen molar-refractivity contribution < 1.29 is 23.5 Å². The molecule has 2 unspecified atom stereocenters. The standard InChI is InChI=1S/C23H29N3O5/c1-15-6-5-7-16(2)26(15)22(27)14-31-20-9-8-18(12-21(20)29-4)13-24-25-23(28)19-10-11-30-17(19)3/h8-13,15-16H,5-7,14H2,1-4H3,(H,25,28)/b24-13+. The van der Waals surface area contributed by atoms with Crippen LogP contribution >= 0.6 is 0 Å². The van der Waals surface area contributed by atoms with E-state index in [0.717, 1.165) is 19.3 Å². The third-order valence-corrected chi connectivity index (χ3v) is 5.50. The van der Waals surface area contributed by atoms with E-state index in [1.165, 1.54) is 19.6 Å². The predicted octanol–water partition coefficient (Wildman–Crippen LogP) is 3.53. The molecule has 2 heterocycles. The van der Waals surface area contributed by atoms with Gasteiger partial charge in [-0.2, -0.15) is 5.10 Å². The Hall–Kier alpha value is -3.29. The summed E-state index contributed by atoms with van der Waals surface area (Å²) >= 11 is 0. The molecule has 1 aliphatic heterocycles. The number of furan rings is 1. The van der Waals surface area contributed by atoms with E-state index in [1.807, 2.05) is 4.90 Å². The second-order valence-electron chi connectivity index (χ2n) is 7.72. The van der Waals surface area contributed by atoms with Crippen LogP contribution in [0.15, 0.2) is 40.0 Å². The smallest absolute Gasteiger partial charge is 0.274 e. The number of rotatable bonds is 7. The molecule has 1 aromatic carbocycles. The molecule has 2 atom stereocenters. The lowest BCUT2D eigenvalue weighted by Gasteiger charge is -2.39. The number of nitrogens with zero attached hydrogens (tertiary/aromatic N) is 2. The number of hydrazone groups is 1. The zero-order valence-corrected chi connectivity index (χ0v) is 18.4. The van der Waals surface area contributed by atoms with Gasteiger partial charge in [-0.1, -0.05) is 0 Å². The lowest BCUT2D eigenvalue weighted by molar-refractivity contribution is -0.139. The number of methoxy groups -OCH3 is 1. The fourth-order valence-corrected chi connectivity index (χ4v) is 3.86. The van der Waals surface area contributed by atoms with Crippen LogP contribution in [0.4, 0.5) is 0 Å². The quantitative estimate of drug-likeness (QED) is 0.539. The number of likely N-dealkylation sites (tertiary alicyclic amines) is 1. The average molecular weight is 428 g/mol. The molecule has 0 saturated carbocycles. The summed E-state index contributed by atoms with van der Waals surface area (Å²) in [5, 5.41) is 3.97. The number of hydrogen-bond acceptors (Lipinski definition) is 6. The van der Waals surface area contributed by atoms with E-state index in [0.29, 0.717) is 28.4 Å². The van der Waals surface area contributed by atoms with Crippen LogP contribution < -0.4 is 14.9 Å². The van der Waals surface area contributed by atoms with Crippen LogP contribution in [-0.2, 0) is 4.79 Å². The number of ether oxygens (including phenoxy) is 2. The summed E-state index contributed by atoms with van der Waals surface area (Å²) in [7, 11) is 1.53. The Kier molecular flexibility index (Phi) is 7.33. The van der Waals surface area contributed by atoms with Crippen molar-refractivity contribution in [3.8, 4) is 11.5 Å². The van der Waals surface area contributed by atoms with Gasteiger partial charge in [-0.15, -0.1) is 0 Å². The highest BCUT2D eigenvalue weighted by atomic mass is 16.5. The van der Waals surface area contributed by atoms with Crippen molar-refractivity contribution >= 4 is 18.0 Å². The summed E-state index contributed by atoms with van der Waals surface area (Å²) in [5.74, 6) is 1.11. The van der Waals surface area contributed by atoms with Gasteiger partial charge in [-0.25, -0.2) is 5.43 Å². The Morgan fingerprint density at radius 3 is 2.61 bits per heavy atom. The maximum absolute atomic E-state index is 12.7. The monoisotopic (exact) mass is 427 g/mol. The molecule has 1 aromatic heterocycles. The van der Waals surface area contributed by atoms with Crippen molar-refractivity contribution in [1.29, 1.82) is 0 Å². The second-order valence-corrected chi connectivity index (χ2v) is 7.72. The zero-order valence-electron chi connectivity index (χ0n) is 18.4. The third-order valence-electron chi connectivity index (χ3n) is 5.50. The van der Waals surface area contributed by atoms with Crippen LogP contribution in [0.5, 0.6) is 11.5 Å². The van der Waals surface area contributed by atoms with Gasteiger partial charge in [0.05, 0.1) is 25.2 Å². The molecule has 1 fully saturated rings. The summed E-state index contributed by atoms with van der Waals surface area (Å²) < 4.78 is 16.3. The summed E-state index contributed by atoms with van der Waals surface area (Å²) in [4.78, 5) is 26.6. The van der Waals surface area contributed by atoms with Crippen LogP contribution in [0.3, 0.4) is 0 Å². The van der Waals surface area contributed by atoms with Crippen molar-refractivity contribution in [3.63, 3.8) is 0 Å². The summed E-state index contributed by atoms with van der Waals surface area (Å²) in [6, 6.07) is 7.25. The van der Waals surface area contributed by atoms with E-state index >= 15 is 0 Å². The number of benzene rings is 1. The highest BCUT2D eigenvalue weighted by Crippen LogP contribution is 2.28. The van der Waals surface area contributed by atoms with Crippen molar-refractivity contribution in [2.75, 3.05) is 13.7 Å². The van der Waals surface area contributed by atoms with E-state index in [9.17, 15) is 9.59 Å². The molecule has 1 saturated heterocycles. The number of piperidine rings is 1. The number of hydrogen-bond donors (Lipinski definition) is 1. The molecule has 31 heavy (non-hydrogen) atoms. The van der Waals surface area contributed by atoms with Crippen molar-refractivity contribution in [3.05, 3.63) is 47.4 Å². The topological polar surface area (TPSA) is 93.4 Å². The van der Waals surface area contributed by atoms with Crippen molar-refractivity contribution in [1.82, 2.24) is 10.3 Å². The van der Waals surface area contributed by atoms with Crippen molar-refractivity contribution in [2.24, 2.45) is 5.10 Å². The normalized spacial score (nSPS) is 18.8. The Morgan fingerprint density at radius 2 is 1.97 bits per heavy atom. The highest BCUT2D eigenvalue weighted by molar-refractivity contribution is 5.95. The maximum Gasteiger partial charge on any atom is 0.274 e. The molecule has 166 valence electrons. The highest BCUT2D eigenvalue weighted by Gasteiger charge is 2.29. The molecule has 2 aromatic rings. The second kappa shape index (κ2) is 10.1. The van der Waals surface area contributed by atoms with Gasteiger partial charge in [0.2, 0.25) is 0 Å². The molecule has 3 rings (SSSR count). The fourth-order valence-electron chi connectivity index (χ4n) is 3.86. The van der Waals surface area contributed by atoms with Gasteiger partial charge < -0.3 is 18.8 Å². The first kappa shape index (κ1) is 22.4. The Morgan fingerprint density at radius 1 is 1.23 bits per heavy atom. The Labute approximate surface area is 182 Å². The molecule has 1 N–H and O–H groups in total. The molecule has 0 aliphatic carbocycles. The van der Waals surface area contributed by atoms with Crippen LogP contribution in [0.25, 0.3) is 0 Å². The number of aryl methyl sites for hydroxylation is 1. The SMILES string of the molecule is COc1cc(/C=N/NC(=O)c2ccoc2C)ccc1OCC(=O)N1C(C)CCCC1C. The predicted molar refractivity (Wildman–Crippen MR) is 117 cm³/mol. The van der Waals surface area contributed by atoms with Gasteiger partial charge in [0.1, 0.15) is 5.76 Å². The van der Waals surface area contributed by atoms with Crippen LogP contribution in [-0.4, -0.2) is 48.7 Å². The number of carbonyl (C=O) groups is 2. The van der Waals surface area contributed by atoms with Crippen LogP contribution in [0.2, 0.25) is 0 Å². The van der Waals surface area contributed by atoms with Gasteiger partial charge in [0.15, 0.2) is 18.1 Å². The van der Waals surface area contributed by atoms with Gasteiger partial charge in [0, 0.05) is 12.1 Å². The lowest BCUT2D eigenvalue weighted by atomic mass is 9.97. The van der Waals surface area contributed by atoms with Crippen molar-refractivity contribution in [2.45, 2.75) is 52.1 Å². The molecular weight excluding hydrogens is 398 g/mol. The van der Waals surface area contributed by atoms with E-state index in [1.54, 1.807) is 31.2 Å². The molecule has 2 amide bonds. The average Bonchev–Trinajstić information content (AvgIpc) is 3.18. The molecule has 1 aliphatic rings. The van der Waals surface area contributed by atoms with E-state index in [4.69, 9.17) is 13.9 Å². The first-order valence-electron chi connectivity index (χ1n) is 10.4. The summed E-state index contributed by atoms with van der Waals surface area (Å²) in [6.45, 7) is 5.82. The fraction of sp³-hybridized carbons (Fsp3) is 0.435. The largest absolute Gasteiger partial charge is 0.493 e. The molecule has 0 spiro atoms. The third kappa shape index (κ3) is 5.45.